The molecule has 2 aromatic rings. The Morgan fingerprint density at radius 1 is 0.875 bits per heavy atom. The highest BCUT2D eigenvalue weighted by atomic mass is 16.5. The van der Waals surface area contributed by atoms with E-state index in [1.165, 1.54) is 5.56 Å². The number of hydrogen-bond acceptors (Lipinski definition) is 2. The zero-order valence-electron chi connectivity index (χ0n) is 15.4. The minimum atomic E-state index is -0.687. The molecule has 2 aromatic carbocycles. The second kappa shape index (κ2) is 7.21. The molecule has 0 heterocycles. The number of hydrogen-bond donors (Lipinski definition) is 0. The van der Waals surface area contributed by atoms with Crippen LogP contribution in [0.1, 0.15) is 51.3 Å². The van der Waals surface area contributed by atoms with Crippen LogP contribution in [-0.2, 0) is 26.8 Å². The molecule has 0 fully saturated rings. The van der Waals surface area contributed by atoms with Crippen LogP contribution in [0, 0.1) is 0 Å². The van der Waals surface area contributed by atoms with E-state index in [0.29, 0.717) is 13.0 Å². The van der Waals surface area contributed by atoms with Gasteiger partial charge >= 0.3 is 5.97 Å². The van der Waals surface area contributed by atoms with Gasteiger partial charge in [-0.1, -0.05) is 75.4 Å². The van der Waals surface area contributed by atoms with E-state index >= 15 is 0 Å². The summed E-state index contributed by atoms with van der Waals surface area (Å²) < 4.78 is 5.39. The molecule has 2 nitrogen and oxygen atoms in total. The fraction of sp³-hybridized carbons (Fsp3) is 0.409. The Bertz CT molecular complexity index is 665. The van der Waals surface area contributed by atoms with Gasteiger partial charge in [-0.3, -0.25) is 4.79 Å². The van der Waals surface area contributed by atoms with Crippen molar-refractivity contribution in [1.29, 1.82) is 0 Å². The van der Waals surface area contributed by atoms with Crippen LogP contribution >= 0.6 is 0 Å². The largest absolute Gasteiger partial charge is 0.465 e. The molecule has 0 aliphatic carbocycles. The molecule has 0 amide bonds. The van der Waals surface area contributed by atoms with Crippen LogP contribution < -0.4 is 0 Å². The van der Waals surface area contributed by atoms with Crippen molar-refractivity contribution in [2.24, 2.45) is 0 Å². The summed E-state index contributed by atoms with van der Waals surface area (Å²) in [5, 5.41) is 0. The van der Waals surface area contributed by atoms with Crippen molar-refractivity contribution in [1.82, 2.24) is 0 Å². The molecule has 2 rings (SSSR count). The van der Waals surface area contributed by atoms with Gasteiger partial charge in [0.25, 0.3) is 0 Å². The second-order valence-corrected chi connectivity index (χ2v) is 7.54. The van der Waals surface area contributed by atoms with Gasteiger partial charge in [-0.2, -0.15) is 0 Å². The first-order chi connectivity index (χ1) is 11.3. The maximum atomic E-state index is 12.7. The van der Waals surface area contributed by atoms with Gasteiger partial charge < -0.3 is 4.74 Å². The molecule has 0 aliphatic rings. The summed E-state index contributed by atoms with van der Waals surface area (Å²) in [6, 6.07) is 18.5. The number of rotatable bonds is 5. The first-order valence-corrected chi connectivity index (χ1v) is 8.59. The molecule has 0 spiro atoms. The number of ether oxygens (including phenoxy) is 1. The van der Waals surface area contributed by atoms with E-state index in [-0.39, 0.29) is 11.4 Å². The Labute approximate surface area is 145 Å². The van der Waals surface area contributed by atoms with Crippen LogP contribution in [0.3, 0.4) is 0 Å². The average molecular weight is 324 g/mol. The first kappa shape index (κ1) is 18.3. The van der Waals surface area contributed by atoms with Gasteiger partial charge in [0.05, 0.1) is 12.0 Å². The Balaban J connectivity index is 2.40. The van der Waals surface area contributed by atoms with Crippen molar-refractivity contribution in [3.05, 3.63) is 71.3 Å². The summed E-state index contributed by atoms with van der Waals surface area (Å²) in [5.41, 5.74) is 2.80. The number of carbonyl (C=O) groups excluding carboxylic acids is 1. The Hall–Kier alpha value is -2.09. The summed E-state index contributed by atoms with van der Waals surface area (Å²) in [6.45, 7) is 10.8. The van der Waals surface area contributed by atoms with Crippen LogP contribution in [-0.4, -0.2) is 12.6 Å². The van der Waals surface area contributed by atoms with E-state index in [0.717, 1.165) is 11.1 Å². The van der Waals surface area contributed by atoms with Crippen molar-refractivity contribution in [3.8, 4) is 0 Å². The number of carbonyl (C=O) groups is 1. The topological polar surface area (TPSA) is 26.3 Å². The van der Waals surface area contributed by atoms with Gasteiger partial charge in [0.2, 0.25) is 0 Å². The Morgan fingerprint density at radius 3 is 1.92 bits per heavy atom. The maximum Gasteiger partial charge on any atom is 0.316 e. The van der Waals surface area contributed by atoms with Crippen LogP contribution in [0.2, 0.25) is 0 Å². The lowest BCUT2D eigenvalue weighted by Crippen LogP contribution is -2.36. The highest BCUT2D eigenvalue weighted by molar-refractivity contribution is 5.83. The van der Waals surface area contributed by atoms with Gasteiger partial charge in [-0.25, -0.2) is 0 Å². The molecular weight excluding hydrogens is 296 g/mol. The summed E-state index contributed by atoms with van der Waals surface area (Å²) in [6.07, 6.45) is 0.627. The summed E-state index contributed by atoms with van der Waals surface area (Å²) in [4.78, 5) is 12.7. The summed E-state index contributed by atoms with van der Waals surface area (Å²) in [5.74, 6) is -0.169. The molecule has 0 aromatic heterocycles. The van der Waals surface area contributed by atoms with Crippen molar-refractivity contribution in [2.45, 2.75) is 51.9 Å². The normalized spacial score (nSPS) is 14.0. The van der Waals surface area contributed by atoms with E-state index in [2.05, 4.69) is 57.2 Å². The summed E-state index contributed by atoms with van der Waals surface area (Å²) >= 11 is 0. The lowest BCUT2D eigenvalue weighted by atomic mass is 9.76. The molecule has 0 saturated heterocycles. The third-order valence-electron chi connectivity index (χ3n) is 4.51. The van der Waals surface area contributed by atoms with Crippen LogP contribution in [0.15, 0.2) is 54.6 Å². The van der Waals surface area contributed by atoms with Gasteiger partial charge in [-0.15, -0.1) is 0 Å². The van der Waals surface area contributed by atoms with E-state index in [4.69, 9.17) is 4.74 Å². The molecule has 128 valence electrons. The van der Waals surface area contributed by atoms with Gasteiger partial charge in [0.15, 0.2) is 0 Å². The van der Waals surface area contributed by atoms with Gasteiger partial charge in [0.1, 0.15) is 0 Å². The SMILES string of the molecule is CCOC(=O)C(C)(Cc1ccccc1)c1ccc(C(C)(C)C)cc1. The zero-order chi connectivity index (χ0) is 17.8. The van der Waals surface area contributed by atoms with Crippen LogP contribution in [0.25, 0.3) is 0 Å². The third-order valence-corrected chi connectivity index (χ3v) is 4.51. The smallest absolute Gasteiger partial charge is 0.316 e. The molecule has 0 aliphatic heterocycles. The number of benzene rings is 2. The van der Waals surface area contributed by atoms with E-state index in [9.17, 15) is 4.79 Å². The van der Waals surface area contributed by atoms with Gasteiger partial charge in [-0.05, 0) is 42.4 Å². The van der Waals surface area contributed by atoms with E-state index < -0.39 is 5.41 Å². The Kier molecular flexibility index (Phi) is 5.48. The molecule has 0 radical (unpaired) electrons. The van der Waals surface area contributed by atoms with Crippen LogP contribution in [0.4, 0.5) is 0 Å². The van der Waals surface area contributed by atoms with E-state index in [1.807, 2.05) is 32.0 Å². The maximum absolute atomic E-state index is 12.7. The molecule has 1 atom stereocenters. The fourth-order valence-electron chi connectivity index (χ4n) is 2.92. The summed E-state index contributed by atoms with van der Waals surface area (Å²) in [7, 11) is 0. The average Bonchev–Trinajstić information content (AvgIpc) is 2.55. The highest BCUT2D eigenvalue weighted by Gasteiger charge is 2.37. The van der Waals surface area contributed by atoms with Crippen molar-refractivity contribution < 1.29 is 9.53 Å². The molecule has 1 unspecified atom stereocenters. The highest BCUT2D eigenvalue weighted by Crippen LogP contribution is 2.32. The van der Waals surface area contributed by atoms with Crippen molar-refractivity contribution in [3.63, 3.8) is 0 Å². The van der Waals surface area contributed by atoms with E-state index in [1.54, 1.807) is 0 Å². The number of esters is 1. The van der Waals surface area contributed by atoms with Crippen LogP contribution in [0.5, 0.6) is 0 Å². The minimum absolute atomic E-state index is 0.0955. The zero-order valence-corrected chi connectivity index (χ0v) is 15.4. The van der Waals surface area contributed by atoms with Gasteiger partial charge in [0, 0.05) is 0 Å². The monoisotopic (exact) mass is 324 g/mol. The molecular formula is C22H28O2. The predicted molar refractivity (Wildman–Crippen MR) is 99.3 cm³/mol. The van der Waals surface area contributed by atoms with Crippen molar-refractivity contribution >= 4 is 5.97 Å². The first-order valence-electron chi connectivity index (χ1n) is 8.59. The fourth-order valence-corrected chi connectivity index (χ4v) is 2.92. The third kappa shape index (κ3) is 4.05. The standard InChI is InChI=1S/C22H28O2/c1-6-24-20(23)22(5,16-17-10-8-7-9-11-17)19-14-12-18(13-15-19)21(2,3)4/h7-15H,6,16H2,1-5H3. The molecule has 0 N–H and O–H groups in total. The lowest BCUT2D eigenvalue weighted by molar-refractivity contribution is -0.149. The molecule has 24 heavy (non-hydrogen) atoms. The molecule has 2 heteroatoms. The minimum Gasteiger partial charge on any atom is -0.465 e. The quantitative estimate of drug-likeness (QED) is 0.720. The molecule has 0 bridgehead atoms. The Morgan fingerprint density at radius 2 is 1.42 bits per heavy atom. The van der Waals surface area contributed by atoms with Crippen molar-refractivity contribution in [2.75, 3.05) is 6.61 Å². The molecule has 0 saturated carbocycles. The predicted octanol–water partition coefficient (Wildman–Crippen LogP) is 5.05. The lowest BCUT2D eigenvalue weighted by Gasteiger charge is -2.29. The second-order valence-electron chi connectivity index (χ2n) is 7.54.